The van der Waals surface area contributed by atoms with Gasteiger partial charge < -0.3 is 14.8 Å². The van der Waals surface area contributed by atoms with Crippen LogP contribution in [0.2, 0.25) is 0 Å². The lowest BCUT2D eigenvalue weighted by molar-refractivity contribution is -0.250. The van der Waals surface area contributed by atoms with Crippen molar-refractivity contribution in [2.24, 2.45) is 62.1 Å². The van der Waals surface area contributed by atoms with E-state index in [1.54, 1.807) is 0 Å². The molecule has 0 aromatic carbocycles. The Kier molecular flexibility index (Phi) is 9.29. The van der Waals surface area contributed by atoms with E-state index in [9.17, 15) is 9.59 Å². The number of carbonyl (C=O) groups is 2. The average molecular weight is 626 g/mol. The summed E-state index contributed by atoms with van der Waals surface area (Å²) >= 11 is 0. The van der Waals surface area contributed by atoms with Crippen molar-refractivity contribution in [3.05, 3.63) is 12.2 Å². The van der Waals surface area contributed by atoms with Crippen LogP contribution in [-0.4, -0.2) is 38.7 Å². The lowest BCUT2D eigenvalue weighted by Crippen LogP contribution is -2.66. The highest BCUT2D eigenvalue weighted by Gasteiger charge is 2.71. The summed E-state index contributed by atoms with van der Waals surface area (Å²) in [6, 6.07) is 0. The number of ether oxygens (including phenoxy) is 2. The maximum atomic E-state index is 13.3. The number of rotatable bonds is 9. The van der Waals surface area contributed by atoms with Crippen LogP contribution >= 0.6 is 0 Å². The van der Waals surface area contributed by atoms with Crippen LogP contribution in [0.5, 0.6) is 0 Å². The van der Waals surface area contributed by atoms with Crippen LogP contribution in [0.3, 0.4) is 0 Å². The van der Waals surface area contributed by atoms with Gasteiger partial charge in [-0.1, -0.05) is 60.6 Å². The number of esters is 2. The van der Waals surface area contributed by atoms with Crippen LogP contribution in [0.4, 0.5) is 0 Å². The van der Waals surface area contributed by atoms with E-state index in [-0.39, 0.29) is 41.7 Å². The van der Waals surface area contributed by atoms with E-state index in [1.165, 1.54) is 70.5 Å². The van der Waals surface area contributed by atoms with Gasteiger partial charge in [-0.25, -0.2) is 0 Å². The zero-order valence-electron chi connectivity index (χ0n) is 30.7. The third kappa shape index (κ3) is 5.55. The number of hydrogen-bond donors (Lipinski definition) is 1. The Labute approximate surface area is 275 Å². The van der Waals surface area contributed by atoms with Crippen molar-refractivity contribution in [2.45, 2.75) is 145 Å². The highest BCUT2D eigenvalue weighted by molar-refractivity contribution is 5.74. The third-order valence-electron chi connectivity index (χ3n) is 15.8. The summed E-state index contributed by atoms with van der Waals surface area (Å²) in [6.45, 7) is 24.8. The van der Waals surface area contributed by atoms with Gasteiger partial charge in [0.25, 0.3) is 0 Å². The molecule has 5 aliphatic rings. The molecule has 10 atom stereocenters. The van der Waals surface area contributed by atoms with Crippen molar-refractivity contribution in [1.82, 2.24) is 5.32 Å². The number of methoxy groups -OCH3 is 1. The molecule has 0 spiro atoms. The van der Waals surface area contributed by atoms with Crippen LogP contribution < -0.4 is 5.32 Å². The molecule has 0 heterocycles. The smallest absolute Gasteiger partial charge is 0.306 e. The van der Waals surface area contributed by atoms with Gasteiger partial charge in [0.2, 0.25) is 0 Å². The summed E-state index contributed by atoms with van der Waals surface area (Å²) in [5.41, 5.74) is 2.29. The summed E-state index contributed by atoms with van der Waals surface area (Å²) < 4.78 is 11.2. The fourth-order valence-corrected chi connectivity index (χ4v) is 13.4. The summed E-state index contributed by atoms with van der Waals surface area (Å²) in [5, 5.41) is 3.51. The number of hydrogen-bond acceptors (Lipinski definition) is 5. The van der Waals surface area contributed by atoms with Crippen molar-refractivity contribution < 1.29 is 19.1 Å². The van der Waals surface area contributed by atoms with Crippen molar-refractivity contribution in [1.29, 1.82) is 0 Å². The molecule has 0 aromatic heterocycles. The topological polar surface area (TPSA) is 64.6 Å². The molecule has 5 aliphatic carbocycles. The van der Waals surface area contributed by atoms with Crippen LogP contribution in [0.15, 0.2) is 12.2 Å². The normalized spacial score (nSPS) is 43.7. The summed E-state index contributed by atoms with van der Waals surface area (Å²) in [7, 11) is 3.53. The quantitative estimate of drug-likeness (QED) is 0.204. The van der Waals surface area contributed by atoms with Crippen LogP contribution in [0.1, 0.15) is 139 Å². The van der Waals surface area contributed by atoms with Crippen molar-refractivity contribution in [2.75, 3.05) is 20.7 Å². The number of nitrogens with one attached hydrogen (secondary N) is 1. The largest absolute Gasteiger partial charge is 0.469 e. The van der Waals surface area contributed by atoms with Gasteiger partial charge in [-0.15, -0.1) is 0 Å². The highest BCUT2D eigenvalue weighted by Crippen LogP contribution is 2.78. The summed E-state index contributed by atoms with van der Waals surface area (Å²) in [6.07, 6.45) is 14.5. The molecule has 0 saturated heterocycles. The molecule has 0 aliphatic heterocycles. The van der Waals surface area contributed by atoms with E-state index in [0.29, 0.717) is 34.0 Å². The second-order valence-electron chi connectivity index (χ2n) is 18.8. The lowest BCUT2D eigenvalue weighted by atomic mass is 9.32. The minimum Gasteiger partial charge on any atom is -0.469 e. The second kappa shape index (κ2) is 12.0. The molecule has 5 rings (SSSR count). The molecule has 5 saturated carbocycles. The maximum absolute atomic E-state index is 13.3. The molecule has 5 unspecified atom stereocenters. The number of fused-ring (bicyclic) bond motifs is 7. The zero-order valence-corrected chi connectivity index (χ0v) is 30.7. The van der Waals surface area contributed by atoms with Gasteiger partial charge in [-0.3, -0.25) is 9.59 Å². The maximum Gasteiger partial charge on any atom is 0.306 e. The van der Waals surface area contributed by atoms with Gasteiger partial charge in [0.1, 0.15) is 6.10 Å². The highest BCUT2D eigenvalue weighted by atomic mass is 16.5. The average Bonchev–Trinajstić information content (AvgIpc) is 3.33. The predicted octanol–water partition coefficient (Wildman–Crippen LogP) is 9.14. The Morgan fingerprint density at radius 3 is 2.18 bits per heavy atom. The molecular weight excluding hydrogens is 558 g/mol. The van der Waals surface area contributed by atoms with Gasteiger partial charge in [0.15, 0.2) is 0 Å². The molecule has 45 heavy (non-hydrogen) atoms. The molecule has 0 aromatic rings. The fourth-order valence-electron chi connectivity index (χ4n) is 13.4. The molecule has 5 nitrogen and oxygen atoms in total. The Morgan fingerprint density at radius 2 is 1.53 bits per heavy atom. The minimum atomic E-state index is -0.481. The molecule has 5 heteroatoms. The molecule has 1 N–H and O–H groups in total. The van der Waals surface area contributed by atoms with E-state index in [4.69, 9.17) is 9.47 Å². The molecular formula is C40H67NO4. The minimum absolute atomic E-state index is 0.0782. The van der Waals surface area contributed by atoms with E-state index in [0.717, 1.165) is 31.2 Å². The zero-order chi connectivity index (χ0) is 33.2. The van der Waals surface area contributed by atoms with E-state index < -0.39 is 5.41 Å². The van der Waals surface area contributed by atoms with E-state index in [1.807, 2.05) is 13.8 Å². The standard InChI is InChI=1S/C40H67NO4/c1-26(2)27-14-19-40(22-23-41-10)21-20-38(8)28(34(27)40)12-13-30-37(7)17-16-31(36(5,6)29(37)15-18-39(30,38)9)45-33(43)25-35(3,4)24-32(42)44-11/h27-31,34,41H,1,12-25H2,2-11H3/t27?,28?,29?,30?,31-,34?,37-,38+,39+,40+/m0/s1. The van der Waals surface area contributed by atoms with Gasteiger partial charge in [0.05, 0.1) is 20.0 Å². The second-order valence-corrected chi connectivity index (χ2v) is 18.8. The Bertz CT molecular complexity index is 1160. The first kappa shape index (κ1) is 35.0. The monoisotopic (exact) mass is 626 g/mol. The lowest BCUT2D eigenvalue weighted by Gasteiger charge is -2.73. The van der Waals surface area contributed by atoms with Crippen molar-refractivity contribution in [3.63, 3.8) is 0 Å². The summed E-state index contributed by atoms with van der Waals surface area (Å²) in [4.78, 5) is 25.2. The van der Waals surface area contributed by atoms with Crippen LogP contribution in [0, 0.1) is 62.1 Å². The molecule has 256 valence electrons. The summed E-state index contributed by atoms with van der Waals surface area (Å²) in [5.74, 6) is 3.03. The van der Waals surface area contributed by atoms with Gasteiger partial charge in [-0.2, -0.15) is 0 Å². The first-order valence-corrected chi connectivity index (χ1v) is 18.5. The van der Waals surface area contributed by atoms with E-state index in [2.05, 4.69) is 60.5 Å². The number of allylic oxidation sites excluding steroid dienone is 1. The fraction of sp³-hybridized carbons (Fsp3) is 0.900. The van der Waals surface area contributed by atoms with E-state index >= 15 is 0 Å². The third-order valence-corrected chi connectivity index (χ3v) is 15.8. The van der Waals surface area contributed by atoms with Crippen molar-refractivity contribution in [3.8, 4) is 0 Å². The van der Waals surface area contributed by atoms with Gasteiger partial charge in [-0.05, 0) is 148 Å². The molecule has 0 amide bonds. The Hall–Kier alpha value is -1.36. The first-order chi connectivity index (χ1) is 20.9. The van der Waals surface area contributed by atoms with Gasteiger partial charge >= 0.3 is 11.9 Å². The van der Waals surface area contributed by atoms with Crippen LogP contribution in [-0.2, 0) is 19.1 Å². The Morgan fingerprint density at radius 1 is 0.844 bits per heavy atom. The number of carbonyl (C=O) groups excluding carboxylic acids is 2. The van der Waals surface area contributed by atoms with Crippen LogP contribution in [0.25, 0.3) is 0 Å². The molecule has 5 fully saturated rings. The first-order valence-electron chi connectivity index (χ1n) is 18.5. The Balaban J connectivity index is 1.37. The molecule has 0 bridgehead atoms. The SMILES string of the molecule is C=C(C)C1CC[C@]2(CCNC)CC[C@]3(C)C(CCC4[C@@]5(C)CC[C@H](OC(=O)CC(C)(C)CC(=O)OC)C(C)(C)C5CC[C@]43C)C12. The van der Waals surface area contributed by atoms with Crippen molar-refractivity contribution >= 4 is 11.9 Å². The molecule has 0 radical (unpaired) electrons. The predicted molar refractivity (Wildman–Crippen MR) is 182 cm³/mol. The van der Waals surface area contributed by atoms with Gasteiger partial charge in [0, 0.05) is 5.41 Å².